The highest BCUT2D eigenvalue weighted by molar-refractivity contribution is 6.34. The first-order chi connectivity index (χ1) is 16.0. The average molecular weight is 440 g/mol. The number of amides is 2. The molecule has 0 radical (unpaired) electrons. The number of nitrogens with zero attached hydrogens (tertiary/aromatic N) is 2. The maximum atomic E-state index is 13.1. The molecule has 4 aromatic rings. The van der Waals surface area contributed by atoms with Gasteiger partial charge in [-0.25, -0.2) is 19.5 Å². The van der Waals surface area contributed by atoms with Gasteiger partial charge in [0.2, 0.25) is 5.89 Å². The quantitative estimate of drug-likeness (QED) is 0.351. The van der Waals surface area contributed by atoms with Crippen molar-refractivity contribution >= 4 is 34.4 Å². The largest absolute Gasteiger partial charge is 0.462 e. The molecule has 8 heteroatoms. The third kappa shape index (κ3) is 3.38. The molecule has 0 fully saturated rings. The van der Waals surface area contributed by atoms with E-state index in [1.807, 2.05) is 0 Å². The number of hydrogen-bond acceptors (Lipinski definition) is 7. The van der Waals surface area contributed by atoms with Crippen molar-refractivity contribution in [2.75, 3.05) is 11.5 Å². The first kappa shape index (κ1) is 20.3. The number of fused-ring (bicyclic) bond motifs is 2. The summed E-state index contributed by atoms with van der Waals surface area (Å²) in [6.45, 7) is 1.95. The standard InChI is InChI=1S/C25H16N2O6/c1-2-32-24(30)14-7-10-16(11-8-14)27-22(28)17-12-9-15(13-19(17)23(27)29)21-26-20-6-4-3-5-18(20)25(31)33-21/h3-13H,2H2,1H3. The van der Waals surface area contributed by atoms with Crippen molar-refractivity contribution in [3.05, 3.63) is 93.8 Å². The van der Waals surface area contributed by atoms with E-state index in [1.165, 1.54) is 36.4 Å². The van der Waals surface area contributed by atoms with E-state index >= 15 is 0 Å². The van der Waals surface area contributed by atoms with E-state index in [-0.39, 0.29) is 23.6 Å². The van der Waals surface area contributed by atoms with Crippen LogP contribution in [0.1, 0.15) is 38.0 Å². The minimum Gasteiger partial charge on any atom is -0.462 e. The highest BCUT2D eigenvalue weighted by atomic mass is 16.5. The van der Waals surface area contributed by atoms with Gasteiger partial charge in [-0.15, -0.1) is 0 Å². The SMILES string of the molecule is CCOC(=O)c1ccc(N2C(=O)c3ccc(-c4nc5ccccc5c(=O)o4)cc3C2=O)cc1. The molecule has 0 saturated carbocycles. The third-order valence-electron chi connectivity index (χ3n) is 5.31. The van der Waals surface area contributed by atoms with Crippen LogP contribution in [0.25, 0.3) is 22.4 Å². The van der Waals surface area contributed by atoms with Crippen LogP contribution in [0.5, 0.6) is 0 Å². The number of aromatic nitrogens is 1. The van der Waals surface area contributed by atoms with E-state index in [9.17, 15) is 19.2 Å². The average Bonchev–Trinajstić information content (AvgIpc) is 3.08. The molecule has 0 unspecified atom stereocenters. The summed E-state index contributed by atoms with van der Waals surface area (Å²) in [6.07, 6.45) is 0. The molecule has 2 heterocycles. The van der Waals surface area contributed by atoms with Crippen LogP contribution in [0, 0.1) is 0 Å². The number of ether oxygens (including phenoxy) is 1. The van der Waals surface area contributed by atoms with Crippen molar-refractivity contribution in [2.24, 2.45) is 0 Å². The van der Waals surface area contributed by atoms with Gasteiger partial charge < -0.3 is 9.15 Å². The van der Waals surface area contributed by atoms with E-state index in [4.69, 9.17) is 9.15 Å². The van der Waals surface area contributed by atoms with E-state index < -0.39 is 23.4 Å². The van der Waals surface area contributed by atoms with Crippen LogP contribution in [0.3, 0.4) is 0 Å². The van der Waals surface area contributed by atoms with Crippen LogP contribution in [-0.2, 0) is 4.74 Å². The Labute approximate surface area is 187 Å². The van der Waals surface area contributed by atoms with Gasteiger partial charge in [-0.3, -0.25) is 9.59 Å². The first-order valence-electron chi connectivity index (χ1n) is 10.2. The van der Waals surface area contributed by atoms with Crippen LogP contribution in [0.4, 0.5) is 5.69 Å². The molecule has 0 N–H and O–H groups in total. The van der Waals surface area contributed by atoms with E-state index in [1.54, 1.807) is 37.3 Å². The lowest BCUT2D eigenvalue weighted by Crippen LogP contribution is -2.29. The minimum absolute atomic E-state index is 0.0546. The lowest BCUT2D eigenvalue weighted by atomic mass is 10.1. The lowest BCUT2D eigenvalue weighted by molar-refractivity contribution is 0.0526. The van der Waals surface area contributed by atoms with Crippen LogP contribution < -0.4 is 10.5 Å². The number of benzene rings is 3. The van der Waals surface area contributed by atoms with Crippen molar-refractivity contribution in [1.82, 2.24) is 4.98 Å². The number of carbonyl (C=O) groups is 3. The predicted molar refractivity (Wildman–Crippen MR) is 119 cm³/mol. The van der Waals surface area contributed by atoms with Gasteiger partial charge in [0.1, 0.15) is 0 Å². The molecule has 1 aliphatic heterocycles. The van der Waals surface area contributed by atoms with Gasteiger partial charge in [0.25, 0.3) is 11.8 Å². The molecule has 3 aromatic carbocycles. The van der Waals surface area contributed by atoms with Crippen LogP contribution in [-0.4, -0.2) is 29.4 Å². The number of anilines is 1. The molecular formula is C25H16N2O6. The summed E-state index contributed by atoms with van der Waals surface area (Å²) in [5, 5.41) is 0.353. The fraction of sp³-hybridized carbons (Fsp3) is 0.0800. The van der Waals surface area contributed by atoms with Crippen molar-refractivity contribution < 1.29 is 23.5 Å². The summed E-state index contributed by atoms with van der Waals surface area (Å²) in [4.78, 5) is 55.6. The van der Waals surface area contributed by atoms with Gasteiger partial charge in [0.05, 0.1) is 39.9 Å². The second-order valence-corrected chi connectivity index (χ2v) is 7.30. The highest BCUT2D eigenvalue weighted by Gasteiger charge is 2.37. The summed E-state index contributed by atoms with van der Waals surface area (Å²) in [5.41, 5.74) is 1.36. The fourth-order valence-corrected chi connectivity index (χ4v) is 3.71. The van der Waals surface area contributed by atoms with Gasteiger partial charge in [-0.1, -0.05) is 12.1 Å². The smallest absolute Gasteiger partial charge is 0.347 e. The van der Waals surface area contributed by atoms with E-state index in [0.29, 0.717) is 27.7 Å². The Bertz CT molecular complexity index is 1500. The van der Waals surface area contributed by atoms with Gasteiger partial charge in [-0.05, 0) is 61.5 Å². The third-order valence-corrected chi connectivity index (χ3v) is 5.31. The molecule has 0 atom stereocenters. The maximum Gasteiger partial charge on any atom is 0.347 e. The molecule has 0 aliphatic carbocycles. The van der Waals surface area contributed by atoms with Crippen molar-refractivity contribution in [2.45, 2.75) is 6.92 Å². The molecule has 1 aliphatic rings. The fourth-order valence-electron chi connectivity index (χ4n) is 3.71. The molecule has 0 spiro atoms. The number of hydrogen-bond donors (Lipinski definition) is 0. The topological polar surface area (TPSA) is 107 Å². The minimum atomic E-state index is -0.540. The van der Waals surface area contributed by atoms with Crippen LogP contribution >= 0.6 is 0 Å². The molecule has 8 nitrogen and oxygen atoms in total. The van der Waals surface area contributed by atoms with Crippen molar-refractivity contribution in [1.29, 1.82) is 0 Å². The zero-order valence-electron chi connectivity index (χ0n) is 17.4. The summed E-state index contributed by atoms with van der Waals surface area (Å²) in [6, 6.07) is 17.4. The Hall–Kier alpha value is -4.59. The zero-order valence-corrected chi connectivity index (χ0v) is 17.4. The normalized spacial score (nSPS) is 12.8. The summed E-state index contributed by atoms with van der Waals surface area (Å²) in [7, 11) is 0. The molecule has 162 valence electrons. The number of rotatable bonds is 4. The van der Waals surface area contributed by atoms with E-state index in [2.05, 4.69) is 4.98 Å². The Morgan fingerprint density at radius 3 is 2.42 bits per heavy atom. The Morgan fingerprint density at radius 2 is 1.67 bits per heavy atom. The first-order valence-corrected chi connectivity index (χ1v) is 10.2. The highest BCUT2D eigenvalue weighted by Crippen LogP contribution is 2.31. The Kier molecular flexibility index (Phi) is 4.82. The van der Waals surface area contributed by atoms with Crippen molar-refractivity contribution in [3.8, 4) is 11.5 Å². The zero-order chi connectivity index (χ0) is 23.1. The van der Waals surface area contributed by atoms with Crippen LogP contribution in [0.2, 0.25) is 0 Å². The molecule has 5 rings (SSSR count). The summed E-state index contributed by atoms with van der Waals surface area (Å²) >= 11 is 0. The van der Waals surface area contributed by atoms with Gasteiger partial charge in [-0.2, -0.15) is 0 Å². The Balaban J connectivity index is 1.50. The number of carbonyl (C=O) groups excluding carboxylic acids is 3. The molecular weight excluding hydrogens is 424 g/mol. The van der Waals surface area contributed by atoms with Crippen molar-refractivity contribution in [3.63, 3.8) is 0 Å². The van der Waals surface area contributed by atoms with Gasteiger partial charge in [0, 0.05) is 5.56 Å². The summed E-state index contributed by atoms with van der Waals surface area (Å²) < 4.78 is 10.3. The molecule has 2 amide bonds. The monoisotopic (exact) mass is 440 g/mol. The Morgan fingerprint density at radius 1 is 0.939 bits per heavy atom. The number of para-hydroxylation sites is 1. The number of imide groups is 1. The predicted octanol–water partition coefficient (Wildman–Crippen LogP) is 3.83. The molecule has 33 heavy (non-hydrogen) atoms. The summed E-state index contributed by atoms with van der Waals surface area (Å²) in [5.74, 6) is -1.44. The lowest BCUT2D eigenvalue weighted by Gasteiger charge is -2.14. The second kappa shape index (κ2) is 7.83. The molecule has 0 saturated heterocycles. The van der Waals surface area contributed by atoms with Gasteiger partial charge >= 0.3 is 11.6 Å². The molecule has 0 bridgehead atoms. The molecule has 1 aromatic heterocycles. The second-order valence-electron chi connectivity index (χ2n) is 7.30. The van der Waals surface area contributed by atoms with E-state index in [0.717, 1.165) is 4.90 Å². The van der Waals surface area contributed by atoms with Crippen LogP contribution in [0.15, 0.2) is 75.9 Å². The maximum absolute atomic E-state index is 13.1. The number of esters is 1. The van der Waals surface area contributed by atoms with Gasteiger partial charge in [0.15, 0.2) is 0 Å².